The van der Waals surface area contributed by atoms with Crippen molar-refractivity contribution >= 4 is 11.6 Å². The molecule has 2 aromatic rings. The first-order valence-corrected chi connectivity index (χ1v) is 9.50. The van der Waals surface area contributed by atoms with E-state index >= 15 is 0 Å². The molecule has 6 heteroatoms. The minimum absolute atomic E-state index is 0.108. The first kappa shape index (κ1) is 19.4. The number of piperazine rings is 1. The summed E-state index contributed by atoms with van der Waals surface area (Å²) >= 11 is 0. The molecule has 1 saturated heterocycles. The molecule has 1 amide bonds. The highest BCUT2D eigenvalue weighted by atomic mass is 19.1. The van der Waals surface area contributed by atoms with Crippen LogP contribution in [0.3, 0.4) is 0 Å². The van der Waals surface area contributed by atoms with E-state index in [1.165, 1.54) is 6.07 Å². The largest absolute Gasteiger partial charge is 0.445 e. The van der Waals surface area contributed by atoms with Crippen molar-refractivity contribution in [3.05, 3.63) is 47.4 Å². The molecule has 1 fully saturated rings. The molecule has 3 rings (SSSR count). The van der Waals surface area contributed by atoms with Crippen molar-refractivity contribution in [1.29, 1.82) is 0 Å². The topological polar surface area (TPSA) is 49.6 Å². The second-order valence-corrected chi connectivity index (χ2v) is 8.10. The van der Waals surface area contributed by atoms with Crippen LogP contribution in [-0.2, 0) is 16.6 Å². The van der Waals surface area contributed by atoms with Crippen molar-refractivity contribution in [2.75, 3.05) is 31.1 Å². The zero-order valence-corrected chi connectivity index (χ0v) is 16.6. The highest BCUT2D eigenvalue weighted by Gasteiger charge is 2.25. The monoisotopic (exact) mass is 373 g/mol. The number of hydrogen-bond donors (Lipinski definition) is 0. The van der Waals surface area contributed by atoms with Gasteiger partial charge in [0.2, 0.25) is 5.91 Å². The van der Waals surface area contributed by atoms with E-state index in [1.54, 1.807) is 12.1 Å². The van der Waals surface area contributed by atoms with Gasteiger partial charge in [-0.05, 0) is 19.1 Å². The highest BCUT2D eigenvalue weighted by Crippen LogP contribution is 2.25. The van der Waals surface area contributed by atoms with Gasteiger partial charge in [0, 0.05) is 44.4 Å². The van der Waals surface area contributed by atoms with Crippen molar-refractivity contribution < 1.29 is 13.6 Å². The van der Waals surface area contributed by atoms with Crippen molar-refractivity contribution in [1.82, 2.24) is 9.88 Å². The Balaban J connectivity index is 1.53. The van der Waals surface area contributed by atoms with Crippen LogP contribution in [0.1, 0.15) is 44.5 Å². The summed E-state index contributed by atoms with van der Waals surface area (Å²) in [6.07, 6.45) is 0.959. The van der Waals surface area contributed by atoms with Gasteiger partial charge >= 0.3 is 0 Å². The average Bonchev–Trinajstić information content (AvgIpc) is 3.01. The minimum atomic E-state index is -0.215. The first-order chi connectivity index (χ1) is 12.8. The second kappa shape index (κ2) is 7.71. The summed E-state index contributed by atoms with van der Waals surface area (Å²) in [6.45, 7) is 10.6. The molecular weight excluding hydrogens is 345 g/mol. The number of amides is 1. The molecule has 1 aromatic heterocycles. The molecule has 1 aromatic carbocycles. The van der Waals surface area contributed by atoms with Gasteiger partial charge in [-0.15, -0.1) is 0 Å². The van der Waals surface area contributed by atoms with Crippen LogP contribution in [0.5, 0.6) is 0 Å². The van der Waals surface area contributed by atoms with E-state index in [0.717, 1.165) is 11.5 Å². The van der Waals surface area contributed by atoms with Crippen LogP contribution in [0, 0.1) is 12.7 Å². The molecule has 1 aliphatic rings. The maximum Gasteiger partial charge on any atom is 0.223 e. The summed E-state index contributed by atoms with van der Waals surface area (Å²) in [6, 6.07) is 6.78. The van der Waals surface area contributed by atoms with E-state index in [1.807, 2.05) is 22.8 Å². The lowest BCUT2D eigenvalue weighted by molar-refractivity contribution is -0.131. The van der Waals surface area contributed by atoms with E-state index in [9.17, 15) is 9.18 Å². The van der Waals surface area contributed by atoms with Crippen LogP contribution >= 0.6 is 0 Å². The van der Waals surface area contributed by atoms with Crippen molar-refractivity contribution in [2.24, 2.45) is 0 Å². The number of hydrogen-bond acceptors (Lipinski definition) is 4. The highest BCUT2D eigenvalue weighted by molar-refractivity contribution is 5.76. The molecule has 5 nitrogen and oxygen atoms in total. The maximum atomic E-state index is 13.9. The predicted molar refractivity (Wildman–Crippen MR) is 103 cm³/mol. The third kappa shape index (κ3) is 4.49. The summed E-state index contributed by atoms with van der Waals surface area (Å²) < 4.78 is 19.8. The number of halogens is 1. The fourth-order valence-electron chi connectivity index (χ4n) is 3.26. The van der Waals surface area contributed by atoms with Crippen LogP contribution in [0.15, 0.2) is 28.7 Å². The third-order valence-corrected chi connectivity index (χ3v) is 4.93. The predicted octanol–water partition coefficient (Wildman–Crippen LogP) is 3.70. The number of benzene rings is 1. The van der Waals surface area contributed by atoms with Gasteiger partial charge in [0.1, 0.15) is 11.6 Å². The fourth-order valence-corrected chi connectivity index (χ4v) is 3.26. The zero-order valence-electron chi connectivity index (χ0n) is 16.6. The number of nitrogens with zero attached hydrogens (tertiary/aromatic N) is 3. The maximum absolute atomic E-state index is 13.9. The molecule has 0 atom stereocenters. The summed E-state index contributed by atoms with van der Waals surface area (Å²) in [5.41, 5.74) is 1.32. The standard InChI is InChI=1S/C21H28FN3O2/c1-15-18(27-20(23-15)21(2,3)4)9-10-19(26)25-13-11-24(12-14-25)17-8-6-5-7-16(17)22/h5-8H,9-14H2,1-4H3. The summed E-state index contributed by atoms with van der Waals surface area (Å²) in [4.78, 5) is 20.9. The third-order valence-electron chi connectivity index (χ3n) is 4.93. The molecule has 0 N–H and O–H groups in total. The number of para-hydroxylation sites is 1. The molecule has 0 radical (unpaired) electrons. The number of aryl methyl sites for hydroxylation is 2. The number of rotatable bonds is 4. The lowest BCUT2D eigenvalue weighted by atomic mass is 9.97. The number of carbonyl (C=O) groups excluding carboxylic acids is 1. The Hall–Kier alpha value is -2.37. The Kier molecular flexibility index (Phi) is 5.53. The van der Waals surface area contributed by atoms with Crippen LogP contribution < -0.4 is 4.90 Å². The normalized spacial score (nSPS) is 15.3. The molecular formula is C21H28FN3O2. The summed E-state index contributed by atoms with van der Waals surface area (Å²) in [5, 5.41) is 0. The Labute approximate surface area is 160 Å². The minimum Gasteiger partial charge on any atom is -0.445 e. The SMILES string of the molecule is Cc1nc(C(C)(C)C)oc1CCC(=O)N1CCN(c2ccccc2F)CC1. The van der Waals surface area contributed by atoms with E-state index in [-0.39, 0.29) is 17.1 Å². The Morgan fingerprint density at radius 1 is 1.19 bits per heavy atom. The van der Waals surface area contributed by atoms with Crippen LogP contribution in [0.2, 0.25) is 0 Å². The Morgan fingerprint density at radius 3 is 2.44 bits per heavy atom. The molecule has 1 aliphatic heterocycles. The summed E-state index contributed by atoms with van der Waals surface area (Å²) in [5.74, 6) is 1.39. The number of oxazole rings is 1. The molecule has 0 spiro atoms. The molecule has 27 heavy (non-hydrogen) atoms. The molecule has 0 bridgehead atoms. The van der Waals surface area contributed by atoms with Gasteiger partial charge in [-0.3, -0.25) is 4.79 Å². The quantitative estimate of drug-likeness (QED) is 0.820. The first-order valence-electron chi connectivity index (χ1n) is 9.50. The van der Waals surface area contributed by atoms with Crippen LogP contribution in [-0.4, -0.2) is 42.0 Å². The molecule has 0 unspecified atom stereocenters. The second-order valence-electron chi connectivity index (χ2n) is 8.10. The van der Waals surface area contributed by atoms with Crippen LogP contribution in [0.4, 0.5) is 10.1 Å². The average molecular weight is 373 g/mol. The zero-order chi connectivity index (χ0) is 19.6. The van der Waals surface area contributed by atoms with Gasteiger partial charge < -0.3 is 14.2 Å². The molecule has 2 heterocycles. The smallest absolute Gasteiger partial charge is 0.223 e. The van der Waals surface area contributed by atoms with E-state index < -0.39 is 0 Å². The Bertz CT molecular complexity index is 802. The lowest BCUT2D eigenvalue weighted by Crippen LogP contribution is -2.49. The van der Waals surface area contributed by atoms with Crippen molar-refractivity contribution in [2.45, 2.75) is 46.0 Å². The van der Waals surface area contributed by atoms with Gasteiger partial charge in [0.05, 0.1) is 11.4 Å². The van der Waals surface area contributed by atoms with Gasteiger partial charge in [-0.25, -0.2) is 9.37 Å². The number of aromatic nitrogens is 1. The van der Waals surface area contributed by atoms with Gasteiger partial charge in [-0.2, -0.15) is 0 Å². The van der Waals surface area contributed by atoms with Gasteiger partial charge in [0.15, 0.2) is 5.89 Å². The van der Waals surface area contributed by atoms with E-state index in [2.05, 4.69) is 25.8 Å². The van der Waals surface area contributed by atoms with Gasteiger partial charge in [-0.1, -0.05) is 32.9 Å². The van der Waals surface area contributed by atoms with Crippen molar-refractivity contribution in [3.8, 4) is 0 Å². The number of anilines is 1. The fraction of sp³-hybridized carbons (Fsp3) is 0.524. The van der Waals surface area contributed by atoms with Crippen molar-refractivity contribution in [3.63, 3.8) is 0 Å². The molecule has 146 valence electrons. The summed E-state index contributed by atoms with van der Waals surface area (Å²) in [7, 11) is 0. The Morgan fingerprint density at radius 2 is 1.85 bits per heavy atom. The molecule has 0 saturated carbocycles. The van der Waals surface area contributed by atoms with Gasteiger partial charge in [0.25, 0.3) is 0 Å². The van der Waals surface area contributed by atoms with Crippen LogP contribution in [0.25, 0.3) is 0 Å². The number of carbonyl (C=O) groups is 1. The van der Waals surface area contributed by atoms with E-state index in [0.29, 0.717) is 50.6 Å². The molecule has 0 aliphatic carbocycles. The lowest BCUT2D eigenvalue weighted by Gasteiger charge is -2.36. The van der Waals surface area contributed by atoms with E-state index in [4.69, 9.17) is 4.42 Å².